The lowest BCUT2D eigenvalue weighted by Crippen LogP contribution is -2.36. The summed E-state index contributed by atoms with van der Waals surface area (Å²) in [5.41, 5.74) is 1.77. The fourth-order valence-electron chi connectivity index (χ4n) is 2.39. The first kappa shape index (κ1) is 21.4. The number of esters is 1. The summed E-state index contributed by atoms with van der Waals surface area (Å²) < 4.78 is 10.3. The first-order valence-corrected chi connectivity index (χ1v) is 9.52. The highest BCUT2D eigenvalue weighted by Crippen LogP contribution is 2.36. The molecular formula is C19H23N3O5S. The molecule has 0 fully saturated rings. The molecule has 8 nitrogen and oxygen atoms in total. The van der Waals surface area contributed by atoms with E-state index in [1.165, 1.54) is 18.4 Å². The maximum atomic E-state index is 12.5. The molecule has 0 saturated heterocycles. The highest BCUT2D eigenvalue weighted by Gasteiger charge is 2.22. The van der Waals surface area contributed by atoms with E-state index < -0.39 is 5.97 Å². The van der Waals surface area contributed by atoms with Crippen LogP contribution in [0.3, 0.4) is 0 Å². The Labute approximate surface area is 167 Å². The van der Waals surface area contributed by atoms with Crippen LogP contribution in [-0.4, -0.2) is 51.6 Å². The van der Waals surface area contributed by atoms with E-state index >= 15 is 0 Å². The van der Waals surface area contributed by atoms with E-state index in [9.17, 15) is 14.4 Å². The third-order valence-electron chi connectivity index (χ3n) is 3.77. The smallest absolute Gasteiger partial charge is 0.341 e. The number of benzene rings is 1. The fraction of sp³-hybridized carbons (Fsp3) is 0.316. The number of hydrogen-bond acceptors (Lipinski definition) is 7. The fourth-order valence-corrected chi connectivity index (χ4v) is 3.36. The van der Waals surface area contributed by atoms with Crippen LogP contribution in [0, 0.1) is 0 Å². The van der Waals surface area contributed by atoms with Gasteiger partial charge < -0.3 is 20.1 Å². The third-order valence-corrected chi connectivity index (χ3v) is 4.67. The van der Waals surface area contributed by atoms with E-state index in [4.69, 9.17) is 9.47 Å². The molecule has 0 radical (unpaired) electrons. The highest BCUT2D eigenvalue weighted by molar-refractivity contribution is 7.15. The van der Waals surface area contributed by atoms with Gasteiger partial charge in [-0.25, -0.2) is 4.79 Å². The molecule has 0 spiro atoms. The average molecular weight is 405 g/mol. The zero-order chi connectivity index (χ0) is 20.5. The van der Waals surface area contributed by atoms with E-state index in [0.29, 0.717) is 21.9 Å². The summed E-state index contributed by atoms with van der Waals surface area (Å²) in [4.78, 5) is 35.9. The average Bonchev–Trinajstić information content (AvgIpc) is 3.11. The molecule has 3 N–H and O–H groups in total. The third kappa shape index (κ3) is 5.54. The minimum Gasteiger partial charge on any atom is -0.497 e. The lowest BCUT2D eigenvalue weighted by atomic mass is 10.0. The Balaban J connectivity index is 2.21. The number of methoxy groups -OCH3 is 1. The number of ether oxygens (including phenoxy) is 2. The number of likely N-dealkylation sites (N-methyl/N-ethyl adjacent to an activating group) is 1. The topological polar surface area (TPSA) is 106 Å². The normalized spacial score (nSPS) is 10.2. The molecule has 1 aromatic carbocycles. The van der Waals surface area contributed by atoms with Gasteiger partial charge in [-0.15, -0.1) is 11.3 Å². The predicted octanol–water partition coefficient (Wildman–Crippen LogP) is 1.87. The second-order valence-corrected chi connectivity index (χ2v) is 6.51. The number of rotatable bonds is 9. The van der Waals surface area contributed by atoms with Gasteiger partial charge in [-0.05, 0) is 24.6 Å². The summed E-state index contributed by atoms with van der Waals surface area (Å²) in [6, 6.07) is 7.26. The summed E-state index contributed by atoms with van der Waals surface area (Å²) in [5, 5.41) is 10.1. The monoisotopic (exact) mass is 405 g/mol. The summed E-state index contributed by atoms with van der Waals surface area (Å²) in [6.07, 6.45) is 0. The number of nitrogens with one attached hydrogen (secondary N) is 3. The first-order valence-electron chi connectivity index (χ1n) is 8.64. The molecule has 2 rings (SSSR count). The van der Waals surface area contributed by atoms with E-state index in [-0.39, 0.29) is 31.5 Å². The molecule has 1 heterocycles. The zero-order valence-corrected chi connectivity index (χ0v) is 16.8. The highest BCUT2D eigenvalue weighted by atomic mass is 32.1. The van der Waals surface area contributed by atoms with E-state index in [0.717, 1.165) is 5.56 Å². The molecule has 0 aliphatic heterocycles. The van der Waals surface area contributed by atoms with Crippen molar-refractivity contribution in [3.05, 3.63) is 35.2 Å². The van der Waals surface area contributed by atoms with Gasteiger partial charge in [0.05, 0.1) is 26.8 Å². The standard InChI is InChI=1S/C19H23N3O5S/c1-4-27-19(25)17-14(12-5-7-13(26-3)8-6-12)11-28-18(17)22-16(24)10-21-9-15(23)20-2/h5-8,11,21H,4,9-10H2,1-3H3,(H,20,23)(H,22,24). The van der Waals surface area contributed by atoms with Gasteiger partial charge in [0.1, 0.15) is 16.3 Å². The van der Waals surface area contributed by atoms with Gasteiger partial charge in [-0.3, -0.25) is 14.9 Å². The van der Waals surface area contributed by atoms with E-state index in [1.54, 1.807) is 31.5 Å². The molecule has 2 amide bonds. The van der Waals surface area contributed by atoms with Crippen molar-refractivity contribution in [3.63, 3.8) is 0 Å². The van der Waals surface area contributed by atoms with Gasteiger partial charge in [0.2, 0.25) is 11.8 Å². The molecule has 0 aliphatic carbocycles. The first-order chi connectivity index (χ1) is 13.5. The Kier molecular flexibility index (Phi) is 7.97. The molecule has 1 aromatic heterocycles. The molecule has 9 heteroatoms. The van der Waals surface area contributed by atoms with Crippen molar-refractivity contribution in [1.82, 2.24) is 10.6 Å². The molecule has 28 heavy (non-hydrogen) atoms. The second kappa shape index (κ2) is 10.4. The van der Waals surface area contributed by atoms with Gasteiger partial charge in [-0.1, -0.05) is 12.1 Å². The largest absolute Gasteiger partial charge is 0.497 e. The Morgan fingerprint density at radius 1 is 1.07 bits per heavy atom. The molecular weight excluding hydrogens is 382 g/mol. The van der Waals surface area contributed by atoms with E-state index in [1.807, 2.05) is 12.1 Å². The van der Waals surface area contributed by atoms with Gasteiger partial charge in [-0.2, -0.15) is 0 Å². The van der Waals surface area contributed by atoms with Crippen molar-refractivity contribution < 1.29 is 23.9 Å². The van der Waals surface area contributed by atoms with Gasteiger partial charge >= 0.3 is 5.97 Å². The summed E-state index contributed by atoms with van der Waals surface area (Å²) in [5.74, 6) is -0.397. The van der Waals surface area contributed by atoms with Crippen LogP contribution in [0.5, 0.6) is 5.75 Å². The zero-order valence-electron chi connectivity index (χ0n) is 16.0. The van der Waals surface area contributed by atoms with Gasteiger partial charge in [0.15, 0.2) is 0 Å². The van der Waals surface area contributed by atoms with Crippen molar-refractivity contribution in [3.8, 4) is 16.9 Å². The number of hydrogen-bond donors (Lipinski definition) is 3. The number of amides is 2. The summed E-state index contributed by atoms with van der Waals surface area (Å²) >= 11 is 1.24. The minimum atomic E-state index is -0.511. The van der Waals surface area contributed by atoms with Crippen LogP contribution in [0.15, 0.2) is 29.6 Å². The Morgan fingerprint density at radius 3 is 2.36 bits per heavy atom. The predicted molar refractivity (Wildman–Crippen MR) is 108 cm³/mol. The Morgan fingerprint density at radius 2 is 1.75 bits per heavy atom. The second-order valence-electron chi connectivity index (χ2n) is 5.63. The van der Waals surface area contributed by atoms with Crippen molar-refractivity contribution >= 4 is 34.1 Å². The van der Waals surface area contributed by atoms with Crippen molar-refractivity contribution in [2.75, 3.05) is 39.2 Å². The number of anilines is 1. The van der Waals surface area contributed by atoms with Crippen LogP contribution < -0.4 is 20.7 Å². The van der Waals surface area contributed by atoms with Crippen LogP contribution in [0.2, 0.25) is 0 Å². The SMILES string of the molecule is CCOC(=O)c1c(-c2ccc(OC)cc2)csc1NC(=O)CNCC(=O)NC. The van der Waals surface area contributed by atoms with Gasteiger partial charge in [0.25, 0.3) is 0 Å². The summed E-state index contributed by atoms with van der Waals surface area (Å²) in [7, 11) is 3.09. The number of carbonyl (C=O) groups excluding carboxylic acids is 3. The van der Waals surface area contributed by atoms with Crippen molar-refractivity contribution in [1.29, 1.82) is 0 Å². The number of carbonyl (C=O) groups is 3. The molecule has 0 aliphatic rings. The quantitative estimate of drug-likeness (QED) is 0.550. The molecule has 0 saturated carbocycles. The molecule has 0 atom stereocenters. The molecule has 0 unspecified atom stereocenters. The van der Waals surface area contributed by atoms with Gasteiger partial charge in [0, 0.05) is 18.0 Å². The molecule has 150 valence electrons. The van der Waals surface area contributed by atoms with Crippen LogP contribution in [0.25, 0.3) is 11.1 Å². The Hall–Kier alpha value is -2.91. The lowest BCUT2D eigenvalue weighted by Gasteiger charge is -2.09. The van der Waals surface area contributed by atoms with Crippen LogP contribution in [0.4, 0.5) is 5.00 Å². The Bertz CT molecular complexity index is 833. The number of thiophene rings is 1. The van der Waals surface area contributed by atoms with Crippen molar-refractivity contribution in [2.24, 2.45) is 0 Å². The summed E-state index contributed by atoms with van der Waals surface area (Å²) in [6.45, 7) is 1.90. The maximum absolute atomic E-state index is 12.5. The lowest BCUT2D eigenvalue weighted by molar-refractivity contribution is -0.120. The van der Waals surface area contributed by atoms with Crippen LogP contribution in [0.1, 0.15) is 17.3 Å². The van der Waals surface area contributed by atoms with Crippen molar-refractivity contribution in [2.45, 2.75) is 6.92 Å². The van der Waals surface area contributed by atoms with E-state index in [2.05, 4.69) is 16.0 Å². The van der Waals surface area contributed by atoms with Crippen LogP contribution in [-0.2, 0) is 14.3 Å². The molecule has 2 aromatic rings. The minimum absolute atomic E-state index is 0.0240. The maximum Gasteiger partial charge on any atom is 0.341 e. The molecule has 0 bridgehead atoms. The van der Waals surface area contributed by atoms with Crippen LogP contribution >= 0.6 is 11.3 Å².